The maximum absolute atomic E-state index is 11.5. The molecule has 0 aliphatic carbocycles. The van der Waals surface area contributed by atoms with Crippen molar-refractivity contribution in [1.82, 2.24) is 4.98 Å². The molecule has 0 bridgehead atoms. The number of carboxylic acids is 1. The summed E-state index contributed by atoms with van der Waals surface area (Å²) >= 11 is 17.9. The third-order valence-electron chi connectivity index (χ3n) is 4.10. The molecule has 2 aromatic carbocycles. The minimum atomic E-state index is -1.41. The van der Waals surface area contributed by atoms with E-state index in [1.54, 1.807) is 24.3 Å². The lowest BCUT2D eigenvalue weighted by Gasteiger charge is -2.09. The molecule has 0 aliphatic rings. The molecular formula is C20H13Cl3N4O6. The van der Waals surface area contributed by atoms with Crippen molar-refractivity contribution in [3.63, 3.8) is 0 Å². The zero-order valence-electron chi connectivity index (χ0n) is 16.6. The van der Waals surface area contributed by atoms with Crippen molar-refractivity contribution in [2.75, 3.05) is 12.5 Å². The Kier molecular flexibility index (Phi) is 7.54. The van der Waals surface area contributed by atoms with Gasteiger partial charge >= 0.3 is 11.7 Å². The normalized spacial score (nSPS) is 10.8. The fourth-order valence-corrected chi connectivity index (χ4v) is 3.21. The van der Waals surface area contributed by atoms with Gasteiger partial charge in [0, 0.05) is 11.6 Å². The van der Waals surface area contributed by atoms with Crippen molar-refractivity contribution in [3.05, 3.63) is 79.0 Å². The summed E-state index contributed by atoms with van der Waals surface area (Å²) in [5.41, 5.74) is 1.92. The molecule has 1 aromatic heterocycles. The van der Waals surface area contributed by atoms with E-state index in [9.17, 15) is 14.9 Å². The zero-order valence-corrected chi connectivity index (χ0v) is 18.9. The second kappa shape index (κ2) is 10.3. The predicted molar refractivity (Wildman–Crippen MR) is 124 cm³/mol. The summed E-state index contributed by atoms with van der Waals surface area (Å²) in [6.07, 6.45) is 1.24. The van der Waals surface area contributed by atoms with Crippen LogP contribution in [0.5, 0.6) is 17.2 Å². The average molecular weight is 512 g/mol. The fraction of sp³-hybridized carbons (Fsp3) is 0.0500. The fourth-order valence-electron chi connectivity index (χ4n) is 2.54. The Hall–Kier alpha value is -3.60. The Bertz CT molecular complexity index is 1250. The number of pyridine rings is 1. The highest BCUT2D eigenvalue weighted by Gasteiger charge is 2.21. The van der Waals surface area contributed by atoms with Crippen molar-refractivity contribution < 1.29 is 24.3 Å². The highest BCUT2D eigenvalue weighted by Crippen LogP contribution is 2.37. The van der Waals surface area contributed by atoms with Crippen molar-refractivity contribution in [1.29, 1.82) is 0 Å². The van der Waals surface area contributed by atoms with Crippen molar-refractivity contribution >= 4 is 58.4 Å². The van der Waals surface area contributed by atoms with Crippen LogP contribution in [0, 0.1) is 10.1 Å². The molecule has 0 aliphatic heterocycles. The molecule has 3 aromatic rings. The van der Waals surface area contributed by atoms with Crippen LogP contribution in [0.4, 0.5) is 11.4 Å². The van der Waals surface area contributed by atoms with Crippen molar-refractivity contribution in [3.8, 4) is 17.2 Å². The molecular weight excluding hydrogens is 499 g/mol. The first-order chi connectivity index (χ1) is 15.7. The molecule has 0 spiro atoms. The van der Waals surface area contributed by atoms with E-state index < -0.39 is 16.6 Å². The molecule has 2 N–H and O–H groups in total. The Morgan fingerprint density at radius 3 is 2.42 bits per heavy atom. The Labute approximate surface area is 201 Å². The smallest absolute Gasteiger partial charge is 0.356 e. The summed E-state index contributed by atoms with van der Waals surface area (Å²) in [6.45, 7) is 0. The van der Waals surface area contributed by atoms with Gasteiger partial charge in [-0.05, 0) is 36.4 Å². The van der Waals surface area contributed by atoms with Crippen LogP contribution < -0.4 is 14.9 Å². The molecule has 33 heavy (non-hydrogen) atoms. The molecule has 13 heteroatoms. The molecule has 0 saturated heterocycles. The second-order valence-corrected chi connectivity index (χ2v) is 7.31. The lowest BCUT2D eigenvalue weighted by molar-refractivity contribution is -0.385. The molecule has 0 amide bonds. The number of ether oxygens (including phenoxy) is 2. The van der Waals surface area contributed by atoms with E-state index in [1.807, 2.05) is 0 Å². The summed E-state index contributed by atoms with van der Waals surface area (Å²) in [5, 5.41) is 23.9. The first kappa shape index (κ1) is 24.1. The van der Waals surface area contributed by atoms with Gasteiger partial charge in [0.2, 0.25) is 5.75 Å². The maximum Gasteiger partial charge on any atom is 0.356 e. The third-order valence-corrected chi connectivity index (χ3v) is 5.20. The van der Waals surface area contributed by atoms with Gasteiger partial charge in [-0.25, -0.2) is 9.78 Å². The van der Waals surface area contributed by atoms with Gasteiger partial charge in [0.25, 0.3) is 0 Å². The van der Waals surface area contributed by atoms with Gasteiger partial charge in [-0.1, -0.05) is 34.8 Å². The van der Waals surface area contributed by atoms with Gasteiger partial charge in [0.05, 0.1) is 23.9 Å². The summed E-state index contributed by atoms with van der Waals surface area (Å²) in [6, 6.07) is 10.7. The number of aromatic nitrogens is 1. The maximum atomic E-state index is 11.5. The largest absolute Gasteiger partial charge is 0.497 e. The first-order valence-electron chi connectivity index (χ1n) is 8.88. The van der Waals surface area contributed by atoms with Crippen molar-refractivity contribution in [2.45, 2.75) is 0 Å². The molecule has 0 atom stereocenters. The first-order valence-corrected chi connectivity index (χ1v) is 10.0. The van der Waals surface area contributed by atoms with Gasteiger partial charge in [0.15, 0.2) is 10.8 Å². The minimum absolute atomic E-state index is 0.0216. The summed E-state index contributed by atoms with van der Waals surface area (Å²) < 4.78 is 10.7. The third kappa shape index (κ3) is 5.61. The standard InChI is InChI=1S/C20H13Cl3N4O6/c1-32-11-3-5-12(6-4-11)33-14-7-2-10(8-13(14)27(30)31)9-24-26-17-15(21)18(20(28)29)25-19(23)16(17)22/h2-9H,1H3,(H,25,26)(H,28,29)/b24-9+. The number of hydrogen-bond donors (Lipinski definition) is 2. The number of nitro groups is 1. The molecule has 170 valence electrons. The number of methoxy groups -OCH3 is 1. The van der Waals surface area contributed by atoms with Crippen LogP contribution >= 0.6 is 34.8 Å². The number of halogens is 3. The van der Waals surface area contributed by atoms with E-state index in [2.05, 4.69) is 15.5 Å². The number of aromatic carboxylic acids is 1. The highest BCUT2D eigenvalue weighted by molar-refractivity contribution is 6.46. The van der Waals surface area contributed by atoms with E-state index in [-0.39, 0.29) is 32.3 Å². The number of nitrogens with one attached hydrogen (secondary N) is 1. The molecule has 0 unspecified atom stereocenters. The Morgan fingerprint density at radius 2 is 1.82 bits per heavy atom. The SMILES string of the molecule is COc1ccc(Oc2ccc(/C=N/Nc3c(Cl)c(Cl)nc(C(=O)O)c3Cl)cc2[N+](=O)[O-])cc1. The lowest BCUT2D eigenvalue weighted by Crippen LogP contribution is -2.05. The number of anilines is 1. The molecule has 3 rings (SSSR count). The van der Waals surface area contributed by atoms with E-state index in [0.29, 0.717) is 17.1 Å². The van der Waals surface area contributed by atoms with Crippen LogP contribution in [0.25, 0.3) is 0 Å². The van der Waals surface area contributed by atoms with Crippen LogP contribution in [0.15, 0.2) is 47.6 Å². The van der Waals surface area contributed by atoms with Gasteiger partial charge in [-0.3, -0.25) is 15.5 Å². The molecule has 1 heterocycles. The van der Waals surface area contributed by atoms with E-state index in [0.717, 1.165) is 0 Å². The van der Waals surface area contributed by atoms with Gasteiger partial charge in [-0.2, -0.15) is 5.10 Å². The minimum Gasteiger partial charge on any atom is -0.497 e. The lowest BCUT2D eigenvalue weighted by atomic mass is 10.2. The summed E-state index contributed by atoms with van der Waals surface area (Å²) in [5.74, 6) is -0.390. The van der Waals surface area contributed by atoms with Gasteiger partial charge < -0.3 is 14.6 Å². The molecule has 0 radical (unpaired) electrons. The highest BCUT2D eigenvalue weighted by atomic mass is 35.5. The topological polar surface area (TPSA) is 136 Å². The quantitative estimate of drug-likeness (QED) is 0.165. The number of carbonyl (C=O) groups is 1. The van der Waals surface area contributed by atoms with Gasteiger partial charge in [0.1, 0.15) is 21.5 Å². The monoisotopic (exact) mass is 510 g/mol. The number of benzene rings is 2. The van der Waals surface area contributed by atoms with Crippen molar-refractivity contribution in [2.24, 2.45) is 5.10 Å². The van der Waals surface area contributed by atoms with Gasteiger partial charge in [-0.15, -0.1) is 0 Å². The second-order valence-electron chi connectivity index (χ2n) is 6.19. The predicted octanol–water partition coefficient (Wildman–Crippen LogP) is 5.90. The van der Waals surface area contributed by atoms with E-state index >= 15 is 0 Å². The Morgan fingerprint density at radius 1 is 1.15 bits per heavy atom. The van der Waals surface area contributed by atoms with Crippen LogP contribution in [-0.2, 0) is 0 Å². The number of carboxylic acid groups (broad SMARTS) is 1. The van der Waals surface area contributed by atoms with E-state index in [4.69, 9.17) is 49.4 Å². The summed E-state index contributed by atoms with van der Waals surface area (Å²) in [4.78, 5) is 25.8. The number of rotatable bonds is 8. The van der Waals surface area contributed by atoms with Crippen LogP contribution in [0.1, 0.15) is 16.1 Å². The van der Waals surface area contributed by atoms with Crippen LogP contribution in [-0.4, -0.2) is 34.3 Å². The molecule has 10 nitrogen and oxygen atoms in total. The van der Waals surface area contributed by atoms with Crippen LogP contribution in [0.2, 0.25) is 15.2 Å². The number of hydrogen-bond acceptors (Lipinski definition) is 8. The van der Waals surface area contributed by atoms with Crippen LogP contribution in [0.3, 0.4) is 0 Å². The number of hydrazone groups is 1. The number of nitrogens with zero attached hydrogens (tertiary/aromatic N) is 3. The molecule has 0 fully saturated rings. The molecule has 0 saturated carbocycles. The zero-order chi connectivity index (χ0) is 24.1. The van der Waals surface area contributed by atoms with E-state index in [1.165, 1.54) is 31.5 Å². The number of nitro benzene ring substituents is 1. The average Bonchev–Trinajstić information content (AvgIpc) is 2.79. The Balaban J connectivity index is 1.84. The summed E-state index contributed by atoms with van der Waals surface area (Å²) in [7, 11) is 1.52.